The Bertz CT molecular complexity index is 1480. The molecule has 1 heterocycles. The molecule has 0 radical (unpaired) electrons. The van der Waals surface area contributed by atoms with Crippen LogP contribution in [0.15, 0.2) is 24.3 Å². The average Bonchev–Trinajstić information content (AvgIpc) is 2.82. The maximum atomic E-state index is 13.0. The van der Waals surface area contributed by atoms with Crippen LogP contribution in [0.3, 0.4) is 0 Å². The number of ether oxygens (including phenoxy) is 3. The number of aliphatic hydroxyl groups excluding tert-OH is 5. The molecule has 0 aromatic carbocycles. The van der Waals surface area contributed by atoms with Gasteiger partial charge in [-0.3, -0.25) is 9.59 Å². The van der Waals surface area contributed by atoms with Crippen LogP contribution in [0.25, 0.3) is 0 Å². The molecular formula is C75H143NO10. The lowest BCUT2D eigenvalue weighted by molar-refractivity contribution is -0.302. The van der Waals surface area contributed by atoms with Crippen molar-refractivity contribution in [3.8, 4) is 0 Å². The molecule has 7 atom stereocenters. The molecule has 0 saturated carbocycles. The summed E-state index contributed by atoms with van der Waals surface area (Å²) >= 11 is 0. The molecule has 11 heteroatoms. The van der Waals surface area contributed by atoms with Gasteiger partial charge in [-0.05, 0) is 57.8 Å². The van der Waals surface area contributed by atoms with Gasteiger partial charge in [0.15, 0.2) is 6.29 Å². The third-order valence-electron chi connectivity index (χ3n) is 18.1. The van der Waals surface area contributed by atoms with Gasteiger partial charge >= 0.3 is 5.97 Å². The molecule has 1 saturated heterocycles. The van der Waals surface area contributed by atoms with Gasteiger partial charge in [-0.15, -0.1) is 0 Å². The Morgan fingerprint density at radius 2 is 0.744 bits per heavy atom. The number of rotatable bonds is 67. The lowest BCUT2D eigenvalue weighted by Gasteiger charge is -2.40. The van der Waals surface area contributed by atoms with Crippen LogP contribution in [0.4, 0.5) is 0 Å². The van der Waals surface area contributed by atoms with E-state index in [9.17, 15) is 35.1 Å². The molecule has 1 rings (SSSR count). The molecule has 1 amide bonds. The first kappa shape index (κ1) is 82.2. The molecule has 86 heavy (non-hydrogen) atoms. The van der Waals surface area contributed by atoms with Crippen LogP contribution in [-0.2, 0) is 23.8 Å². The van der Waals surface area contributed by atoms with Crippen molar-refractivity contribution in [2.24, 2.45) is 0 Å². The second-order valence-corrected chi connectivity index (χ2v) is 26.4. The summed E-state index contributed by atoms with van der Waals surface area (Å²) < 4.78 is 16.7. The van der Waals surface area contributed by atoms with Crippen molar-refractivity contribution in [1.29, 1.82) is 0 Å². The largest absolute Gasteiger partial charge is 0.466 e. The van der Waals surface area contributed by atoms with Crippen molar-refractivity contribution in [2.75, 3.05) is 19.8 Å². The van der Waals surface area contributed by atoms with E-state index in [0.717, 1.165) is 51.4 Å². The predicted octanol–water partition coefficient (Wildman–Crippen LogP) is 19.6. The van der Waals surface area contributed by atoms with Gasteiger partial charge in [0.05, 0.1) is 32.0 Å². The molecule has 0 aliphatic carbocycles. The molecule has 11 nitrogen and oxygen atoms in total. The number of nitrogens with one attached hydrogen (secondary N) is 1. The molecule has 0 spiro atoms. The highest BCUT2D eigenvalue weighted by Gasteiger charge is 2.44. The number of unbranched alkanes of at least 4 members (excludes halogenated alkanes) is 51. The highest BCUT2D eigenvalue weighted by Crippen LogP contribution is 2.24. The zero-order chi connectivity index (χ0) is 62.3. The fourth-order valence-electron chi connectivity index (χ4n) is 12.1. The number of esters is 1. The van der Waals surface area contributed by atoms with Gasteiger partial charge in [0.2, 0.25) is 5.91 Å². The second kappa shape index (κ2) is 64.7. The lowest BCUT2D eigenvalue weighted by Crippen LogP contribution is -2.60. The van der Waals surface area contributed by atoms with Gasteiger partial charge in [-0.25, -0.2) is 0 Å². The summed E-state index contributed by atoms with van der Waals surface area (Å²) in [6, 6.07) is -0.806. The highest BCUT2D eigenvalue weighted by atomic mass is 16.7. The van der Waals surface area contributed by atoms with Crippen LogP contribution >= 0.6 is 0 Å². The highest BCUT2D eigenvalue weighted by molar-refractivity contribution is 5.76. The normalized spacial score (nSPS) is 18.0. The first-order valence-electron chi connectivity index (χ1n) is 37.6. The Labute approximate surface area is 531 Å². The molecule has 508 valence electrons. The Kier molecular flexibility index (Phi) is 61.8. The van der Waals surface area contributed by atoms with Crippen LogP contribution < -0.4 is 5.32 Å². The van der Waals surface area contributed by atoms with Crippen molar-refractivity contribution >= 4 is 11.9 Å². The lowest BCUT2D eigenvalue weighted by atomic mass is 9.99. The fraction of sp³-hybridized carbons (Fsp3) is 0.920. The summed E-state index contributed by atoms with van der Waals surface area (Å²) in [6.45, 7) is 4.37. The zero-order valence-electron chi connectivity index (χ0n) is 56.6. The van der Waals surface area contributed by atoms with Crippen molar-refractivity contribution in [3.05, 3.63) is 24.3 Å². The molecular weight excluding hydrogens is 1070 g/mol. The average molecular weight is 1220 g/mol. The monoisotopic (exact) mass is 1220 g/mol. The quantitative estimate of drug-likeness (QED) is 0.0195. The van der Waals surface area contributed by atoms with Gasteiger partial charge in [-0.1, -0.05) is 334 Å². The molecule has 0 aromatic rings. The van der Waals surface area contributed by atoms with E-state index in [2.05, 4.69) is 31.3 Å². The van der Waals surface area contributed by atoms with Gasteiger partial charge in [0.25, 0.3) is 0 Å². The van der Waals surface area contributed by atoms with Crippen molar-refractivity contribution in [3.63, 3.8) is 0 Å². The summed E-state index contributed by atoms with van der Waals surface area (Å²) in [5, 5.41) is 54.4. The number of hydrogen-bond donors (Lipinski definition) is 6. The number of hydrogen-bond acceptors (Lipinski definition) is 10. The van der Waals surface area contributed by atoms with E-state index >= 15 is 0 Å². The van der Waals surface area contributed by atoms with Crippen LogP contribution in [0.5, 0.6) is 0 Å². The van der Waals surface area contributed by atoms with Crippen molar-refractivity contribution in [2.45, 2.75) is 423 Å². The first-order valence-corrected chi connectivity index (χ1v) is 37.6. The number of aliphatic hydroxyl groups is 5. The molecule has 7 unspecified atom stereocenters. The Hall–Kier alpha value is -1.86. The topological polar surface area (TPSA) is 175 Å². The van der Waals surface area contributed by atoms with Crippen LogP contribution in [0.2, 0.25) is 0 Å². The number of carbonyl (C=O) groups is 2. The minimum Gasteiger partial charge on any atom is -0.466 e. The van der Waals surface area contributed by atoms with Crippen LogP contribution in [0.1, 0.15) is 380 Å². The van der Waals surface area contributed by atoms with Gasteiger partial charge in [0.1, 0.15) is 24.4 Å². The van der Waals surface area contributed by atoms with E-state index in [1.807, 2.05) is 6.08 Å². The standard InChI is InChI=1S/C75H143NO10/c1-3-5-7-9-11-13-15-16-36-40-43-47-51-55-59-63-71(80)84-64-60-56-52-48-44-41-38-35-33-31-29-27-25-23-21-19-17-18-20-22-24-26-28-30-32-34-37-39-42-46-50-54-58-62-70(79)76-67(66-85-75-74(83)73(82)72(81)69(65-77)86-75)68(78)61-57-53-49-45-14-12-10-8-6-4-2/h21,23,57,61,67-69,72-75,77-78,81-83H,3-20,22,24-56,58-60,62-66H2,1-2H3,(H,76,79)/b23-21-,61-57+. The summed E-state index contributed by atoms with van der Waals surface area (Å²) in [5.74, 6) is -0.163. The Balaban J connectivity index is 1.89. The number of amides is 1. The van der Waals surface area contributed by atoms with Gasteiger partial charge in [0, 0.05) is 12.8 Å². The van der Waals surface area contributed by atoms with Crippen LogP contribution in [-0.4, -0.2) is 100 Å². The number of allylic oxidation sites excluding steroid dienone is 3. The first-order chi connectivity index (χ1) is 42.2. The predicted molar refractivity (Wildman–Crippen MR) is 361 cm³/mol. The van der Waals surface area contributed by atoms with Crippen molar-refractivity contribution in [1.82, 2.24) is 5.32 Å². The molecule has 0 bridgehead atoms. The van der Waals surface area contributed by atoms with Gasteiger partial charge < -0.3 is 45.1 Å². The molecule has 1 fully saturated rings. The SMILES string of the molecule is CCCCCCCCCC/C=C/C(O)C(COC1OC(CO)C(O)C(O)C1O)NC(=O)CCCCCCCCCCCCCCCCCCC/C=C\CCCCCCCCCCCCCCOC(=O)CCCCCCCCCCCCCCCCC. The molecule has 1 aliphatic rings. The van der Waals surface area contributed by atoms with E-state index in [1.165, 1.54) is 302 Å². The summed E-state index contributed by atoms with van der Waals surface area (Å²) in [6.07, 6.45) is 72.0. The Morgan fingerprint density at radius 3 is 1.12 bits per heavy atom. The maximum Gasteiger partial charge on any atom is 0.305 e. The van der Waals surface area contributed by atoms with E-state index in [1.54, 1.807) is 6.08 Å². The van der Waals surface area contributed by atoms with E-state index in [4.69, 9.17) is 14.2 Å². The third kappa shape index (κ3) is 52.9. The molecule has 0 aromatic heterocycles. The summed E-state index contributed by atoms with van der Waals surface area (Å²) in [5.41, 5.74) is 0. The summed E-state index contributed by atoms with van der Waals surface area (Å²) in [4.78, 5) is 25.1. The fourth-order valence-corrected chi connectivity index (χ4v) is 12.1. The second-order valence-electron chi connectivity index (χ2n) is 26.4. The zero-order valence-corrected chi connectivity index (χ0v) is 56.6. The van der Waals surface area contributed by atoms with Gasteiger partial charge in [-0.2, -0.15) is 0 Å². The minimum absolute atomic E-state index is 0.0150. The summed E-state index contributed by atoms with van der Waals surface area (Å²) in [7, 11) is 0. The van der Waals surface area contributed by atoms with E-state index in [-0.39, 0.29) is 18.5 Å². The maximum absolute atomic E-state index is 13.0. The Morgan fingerprint density at radius 1 is 0.419 bits per heavy atom. The van der Waals surface area contributed by atoms with E-state index in [0.29, 0.717) is 19.4 Å². The van der Waals surface area contributed by atoms with E-state index < -0.39 is 49.5 Å². The third-order valence-corrected chi connectivity index (χ3v) is 18.1. The minimum atomic E-state index is -1.57. The number of carbonyl (C=O) groups excluding carboxylic acids is 2. The molecule has 6 N–H and O–H groups in total. The van der Waals surface area contributed by atoms with Crippen molar-refractivity contribution < 1.29 is 49.3 Å². The molecule has 1 aliphatic heterocycles. The smallest absolute Gasteiger partial charge is 0.305 e. The van der Waals surface area contributed by atoms with Crippen LogP contribution in [0, 0.1) is 0 Å².